The van der Waals surface area contributed by atoms with Crippen molar-refractivity contribution in [3.05, 3.63) is 63.6 Å². The molecule has 2 aromatic carbocycles. The van der Waals surface area contributed by atoms with Crippen LogP contribution in [0.5, 0.6) is 0 Å². The van der Waals surface area contributed by atoms with Gasteiger partial charge in [-0.1, -0.05) is 61.3 Å². The van der Waals surface area contributed by atoms with Crippen LogP contribution < -0.4 is 9.62 Å². The molecule has 0 aliphatic heterocycles. The van der Waals surface area contributed by atoms with Crippen LogP contribution >= 0.6 is 23.2 Å². The summed E-state index contributed by atoms with van der Waals surface area (Å²) in [6.45, 7) is 5.79. The van der Waals surface area contributed by atoms with Crippen LogP contribution in [0.3, 0.4) is 0 Å². The average molecular weight is 529 g/mol. The van der Waals surface area contributed by atoms with Crippen LogP contribution in [0.25, 0.3) is 0 Å². The number of carbonyl (C=O) groups is 2. The predicted molar refractivity (Wildman–Crippen MR) is 138 cm³/mol. The maximum absolute atomic E-state index is 13.6. The minimum Gasteiger partial charge on any atom is -0.354 e. The van der Waals surface area contributed by atoms with Gasteiger partial charge in [0, 0.05) is 18.1 Å². The Balaban J connectivity index is 2.48. The van der Waals surface area contributed by atoms with E-state index in [1.807, 2.05) is 45.0 Å². The zero-order valence-electron chi connectivity index (χ0n) is 19.8. The first kappa shape index (κ1) is 28.0. The highest BCUT2D eigenvalue weighted by Gasteiger charge is 2.32. The molecule has 1 N–H and O–H groups in total. The fourth-order valence-electron chi connectivity index (χ4n) is 3.53. The summed E-state index contributed by atoms with van der Waals surface area (Å²) in [5, 5.41) is 3.27. The Morgan fingerprint density at radius 3 is 2.35 bits per heavy atom. The molecule has 0 heterocycles. The second-order valence-corrected chi connectivity index (χ2v) is 10.8. The monoisotopic (exact) mass is 527 g/mol. The van der Waals surface area contributed by atoms with Crippen LogP contribution in [0.4, 0.5) is 5.69 Å². The number of rotatable bonds is 11. The first-order valence-corrected chi connectivity index (χ1v) is 13.6. The number of nitrogens with one attached hydrogen (secondary N) is 1. The van der Waals surface area contributed by atoms with Gasteiger partial charge >= 0.3 is 0 Å². The molecule has 1 unspecified atom stereocenters. The van der Waals surface area contributed by atoms with Crippen molar-refractivity contribution in [2.24, 2.45) is 0 Å². The maximum atomic E-state index is 13.6. The molecule has 2 amide bonds. The van der Waals surface area contributed by atoms with Crippen molar-refractivity contribution in [2.45, 2.75) is 46.2 Å². The molecule has 0 aliphatic rings. The van der Waals surface area contributed by atoms with E-state index in [-0.39, 0.29) is 28.2 Å². The lowest BCUT2D eigenvalue weighted by molar-refractivity contribution is -0.140. The van der Waals surface area contributed by atoms with Gasteiger partial charge < -0.3 is 10.2 Å². The van der Waals surface area contributed by atoms with Gasteiger partial charge in [-0.05, 0) is 49.1 Å². The van der Waals surface area contributed by atoms with Gasteiger partial charge in [0.05, 0.1) is 17.0 Å². The quantitative estimate of drug-likeness (QED) is 0.469. The van der Waals surface area contributed by atoms with E-state index in [2.05, 4.69) is 5.32 Å². The first-order valence-electron chi connectivity index (χ1n) is 11.0. The van der Waals surface area contributed by atoms with E-state index in [1.54, 1.807) is 0 Å². The Morgan fingerprint density at radius 1 is 1.09 bits per heavy atom. The molecule has 0 aliphatic carbocycles. The molecule has 0 aromatic heterocycles. The van der Waals surface area contributed by atoms with E-state index in [9.17, 15) is 18.0 Å². The zero-order valence-corrected chi connectivity index (χ0v) is 22.2. The summed E-state index contributed by atoms with van der Waals surface area (Å²) in [7, 11) is -3.89. The van der Waals surface area contributed by atoms with Crippen molar-refractivity contribution in [3.63, 3.8) is 0 Å². The van der Waals surface area contributed by atoms with Gasteiger partial charge in [-0.15, -0.1) is 0 Å². The van der Waals surface area contributed by atoms with Crippen molar-refractivity contribution in [2.75, 3.05) is 23.7 Å². The number of aryl methyl sites for hydroxylation is 1. The first-order chi connectivity index (χ1) is 16.0. The van der Waals surface area contributed by atoms with Crippen molar-refractivity contribution >= 4 is 50.7 Å². The van der Waals surface area contributed by atoms with Crippen LogP contribution in [0.1, 0.15) is 37.8 Å². The van der Waals surface area contributed by atoms with Gasteiger partial charge in [0.15, 0.2) is 0 Å². The fraction of sp³-hybridized carbons (Fsp3) is 0.417. The summed E-state index contributed by atoms with van der Waals surface area (Å²) in [4.78, 5) is 28.0. The smallest absolute Gasteiger partial charge is 0.244 e. The van der Waals surface area contributed by atoms with Crippen molar-refractivity contribution in [3.8, 4) is 0 Å². The summed E-state index contributed by atoms with van der Waals surface area (Å²) >= 11 is 12.3. The third-order valence-corrected chi connectivity index (χ3v) is 7.07. The van der Waals surface area contributed by atoms with Crippen molar-refractivity contribution in [1.82, 2.24) is 10.2 Å². The topological polar surface area (TPSA) is 86.8 Å². The van der Waals surface area contributed by atoms with Gasteiger partial charge in [0.2, 0.25) is 21.8 Å². The largest absolute Gasteiger partial charge is 0.354 e. The Bertz CT molecular complexity index is 1120. The lowest BCUT2D eigenvalue weighted by atomic mass is 10.1. The van der Waals surface area contributed by atoms with Gasteiger partial charge in [-0.3, -0.25) is 13.9 Å². The molecule has 0 saturated carbocycles. The summed E-state index contributed by atoms with van der Waals surface area (Å²) in [6, 6.07) is 11.2. The van der Waals surface area contributed by atoms with Crippen molar-refractivity contribution in [1.29, 1.82) is 0 Å². The Morgan fingerprint density at radius 2 is 1.76 bits per heavy atom. The third-order valence-electron chi connectivity index (χ3n) is 5.39. The third kappa shape index (κ3) is 7.35. The van der Waals surface area contributed by atoms with Crippen LogP contribution in [-0.4, -0.2) is 50.5 Å². The number of hydrogen-bond acceptors (Lipinski definition) is 4. The molecule has 0 fully saturated rings. The summed E-state index contributed by atoms with van der Waals surface area (Å²) in [5.41, 5.74) is 1.93. The van der Waals surface area contributed by atoms with E-state index >= 15 is 0 Å². The van der Waals surface area contributed by atoms with E-state index in [1.165, 1.54) is 23.1 Å². The molecule has 1 atom stereocenters. The zero-order chi connectivity index (χ0) is 25.5. The van der Waals surface area contributed by atoms with Crippen LogP contribution in [0.15, 0.2) is 42.5 Å². The molecule has 0 bridgehead atoms. The number of nitrogens with zero attached hydrogens (tertiary/aromatic N) is 2. The highest BCUT2D eigenvalue weighted by Crippen LogP contribution is 2.31. The van der Waals surface area contributed by atoms with E-state index in [0.717, 1.165) is 28.1 Å². The van der Waals surface area contributed by atoms with Crippen LogP contribution in [0, 0.1) is 6.92 Å². The molecule has 2 rings (SSSR count). The Labute approximate surface area is 212 Å². The molecule has 0 radical (unpaired) electrons. The van der Waals surface area contributed by atoms with Gasteiger partial charge in [0.25, 0.3) is 0 Å². The molecular formula is C24H31Cl2N3O4S. The second-order valence-electron chi connectivity index (χ2n) is 8.03. The number of amides is 2. The van der Waals surface area contributed by atoms with Gasteiger partial charge in [0.1, 0.15) is 12.6 Å². The molecule has 10 heteroatoms. The number of hydrogen-bond donors (Lipinski definition) is 1. The van der Waals surface area contributed by atoms with Crippen molar-refractivity contribution < 1.29 is 18.0 Å². The molecule has 7 nitrogen and oxygen atoms in total. The number of anilines is 1. The highest BCUT2D eigenvalue weighted by atomic mass is 35.5. The number of halogens is 2. The normalized spacial score (nSPS) is 12.2. The standard InChI is InChI=1S/C24H31Cl2N3O4S/c1-5-13-27-24(31)21(6-2)28(15-18-10-8-7-9-17(18)3)23(30)16-29(34(4,32)33)22-14-19(25)11-12-20(22)26/h7-12,14,21H,5-6,13,15-16H2,1-4H3,(H,27,31). The Kier molecular flexibility index (Phi) is 10.2. The highest BCUT2D eigenvalue weighted by molar-refractivity contribution is 7.92. The number of sulfonamides is 1. The lowest BCUT2D eigenvalue weighted by Crippen LogP contribution is -2.52. The van der Waals surface area contributed by atoms with E-state index < -0.39 is 28.5 Å². The van der Waals surface area contributed by atoms with E-state index in [0.29, 0.717) is 13.0 Å². The molecule has 186 valence electrons. The summed E-state index contributed by atoms with van der Waals surface area (Å²) in [6.07, 6.45) is 2.11. The Hall–Kier alpha value is -2.29. The summed E-state index contributed by atoms with van der Waals surface area (Å²) in [5.74, 6) is -0.804. The number of carbonyl (C=O) groups excluding carboxylic acids is 2. The second kappa shape index (κ2) is 12.4. The minimum atomic E-state index is -3.89. The van der Waals surface area contributed by atoms with Crippen LogP contribution in [0.2, 0.25) is 10.0 Å². The van der Waals surface area contributed by atoms with Gasteiger partial charge in [-0.25, -0.2) is 8.42 Å². The maximum Gasteiger partial charge on any atom is 0.244 e. The molecular weight excluding hydrogens is 497 g/mol. The molecule has 2 aromatic rings. The SMILES string of the molecule is CCCNC(=O)C(CC)N(Cc1ccccc1C)C(=O)CN(c1cc(Cl)ccc1Cl)S(C)(=O)=O. The number of benzene rings is 2. The van der Waals surface area contributed by atoms with Gasteiger partial charge in [-0.2, -0.15) is 0 Å². The molecule has 0 spiro atoms. The molecule has 34 heavy (non-hydrogen) atoms. The van der Waals surface area contributed by atoms with E-state index in [4.69, 9.17) is 23.2 Å². The van der Waals surface area contributed by atoms with Crippen LogP contribution in [-0.2, 0) is 26.2 Å². The fourth-order valence-corrected chi connectivity index (χ4v) is 4.82. The minimum absolute atomic E-state index is 0.101. The average Bonchev–Trinajstić information content (AvgIpc) is 2.78. The molecule has 0 saturated heterocycles. The predicted octanol–water partition coefficient (Wildman–Crippen LogP) is 4.40. The summed E-state index contributed by atoms with van der Waals surface area (Å²) < 4.78 is 26.2. The lowest BCUT2D eigenvalue weighted by Gasteiger charge is -2.33.